The van der Waals surface area contributed by atoms with E-state index >= 15 is 0 Å². The fourth-order valence-corrected chi connectivity index (χ4v) is 3.17. The van der Waals surface area contributed by atoms with E-state index in [-0.39, 0.29) is 24.8 Å². The van der Waals surface area contributed by atoms with Crippen LogP contribution in [0.15, 0.2) is 12.2 Å². The number of hydrogen-bond donors (Lipinski definition) is 0. The predicted octanol–water partition coefficient (Wildman–Crippen LogP) is 7.30. The molecule has 0 unspecified atom stereocenters. The highest BCUT2D eigenvalue weighted by Crippen LogP contribution is 2.12. The van der Waals surface area contributed by atoms with Gasteiger partial charge in [-0.1, -0.05) is 89.5 Å². The molecule has 0 atom stereocenters. The lowest BCUT2D eigenvalue weighted by Crippen LogP contribution is -2.09. The number of rotatable bonds is 21. The molecule has 0 rings (SSSR count). The van der Waals surface area contributed by atoms with E-state index in [9.17, 15) is 9.59 Å². The first-order chi connectivity index (χ1) is 14.1. The van der Waals surface area contributed by atoms with Crippen molar-refractivity contribution in [1.82, 2.24) is 0 Å². The van der Waals surface area contributed by atoms with Gasteiger partial charge in [0.2, 0.25) is 0 Å². The molecular formula is C25H46O4. The molecule has 0 radical (unpaired) electrons. The first kappa shape index (κ1) is 27.7. The first-order valence-corrected chi connectivity index (χ1v) is 12.0. The molecule has 0 spiro atoms. The molecule has 0 aromatic heterocycles. The summed E-state index contributed by atoms with van der Waals surface area (Å²) in [6.07, 6.45) is 18.7. The van der Waals surface area contributed by atoms with Crippen molar-refractivity contribution in [3.63, 3.8) is 0 Å². The molecule has 4 heteroatoms. The molecule has 0 aliphatic carbocycles. The van der Waals surface area contributed by atoms with E-state index in [1.54, 1.807) is 0 Å². The van der Waals surface area contributed by atoms with Gasteiger partial charge in [-0.3, -0.25) is 9.59 Å². The molecule has 0 aromatic rings. The molecule has 0 heterocycles. The summed E-state index contributed by atoms with van der Waals surface area (Å²) >= 11 is 0. The lowest BCUT2D eigenvalue weighted by Gasteiger charge is -2.06. The van der Waals surface area contributed by atoms with Crippen molar-refractivity contribution in [3.8, 4) is 0 Å². The molecule has 4 nitrogen and oxygen atoms in total. The van der Waals surface area contributed by atoms with Crippen LogP contribution in [0.4, 0.5) is 0 Å². The van der Waals surface area contributed by atoms with E-state index in [4.69, 9.17) is 9.47 Å². The van der Waals surface area contributed by atoms with E-state index in [2.05, 4.69) is 13.5 Å². The van der Waals surface area contributed by atoms with Gasteiger partial charge in [0.05, 0.1) is 13.2 Å². The van der Waals surface area contributed by atoms with E-state index < -0.39 is 0 Å². The van der Waals surface area contributed by atoms with Gasteiger partial charge in [0.15, 0.2) is 0 Å². The third-order valence-electron chi connectivity index (χ3n) is 5.06. The smallest absolute Gasteiger partial charge is 0.305 e. The van der Waals surface area contributed by atoms with Gasteiger partial charge in [-0.25, -0.2) is 0 Å². The first-order valence-electron chi connectivity index (χ1n) is 12.0. The highest BCUT2D eigenvalue weighted by atomic mass is 16.5. The standard InChI is InChI=1S/C25H46O4/c1-4-5-6-7-8-9-10-11-12-13-14-15-16-21-28-24(26)18-17-19-25(27)29-22-20-23(2)3/h2,4-22H2,1,3H3. The Labute approximate surface area is 179 Å². The molecule has 0 N–H and O–H groups in total. The van der Waals surface area contributed by atoms with Gasteiger partial charge in [0.25, 0.3) is 0 Å². The lowest BCUT2D eigenvalue weighted by molar-refractivity contribution is -0.145. The Morgan fingerprint density at radius 1 is 0.586 bits per heavy atom. The van der Waals surface area contributed by atoms with Crippen molar-refractivity contribution in [2.75, 3.05) is 13.2 Å². The van der Waals surface area contributed by atoms with Crippen LogP contribution in [-0.4, -0.2) is 25.2 Å². The maximum atomic E-state index is 11.7. The van der Waals surface area contributed by atoms with Crippen molar-refractivity contribution in [1.29, 1.82) is 0 Å². The van der Waals surface area contributed by atoms with Crippen LogP contribution in [0.3, 0.4) is 0 Å². The number of unbranched alkanes of at least 4 members (excludes halogenated alkanes) is 12. The van der Waals surface area contributed by atoms with Crippen LogP contribution in [0, 0.1) is 0 Å². The minimum atomic E-state index is -0.254. The van der Waals surface area contributed by atoms with Crippen LogP contribution in [0.25, 0.3) is 0 Å². The monoisotopic (exact) mass is 410 g/mol. The summed E-state index contributed by atoms with van der Waals surface area (Å²) in [6.45, 7) is 8.80. The second kappa shape index (κ2) is 21.4. The maximum Gasteiger partial charge on any atom is 0.305 e. The van der Waals surface area contributed by atoms with Crippen LogP contribution in [0.2, 0.25) is 0 Å². The molecule has 0 aromatic carbocycles. The van der Waals surface area contributed by atoms with Gasteiger partial charge in [-0.15, -0.1) is 6.58 Å². The molecule has 0 fully saturated rings. The summed E-state index contributed by atoms with van der Waals surface area (Å²) in [5.41, 5.74) is 0.995. The molecule has 29 heavy (non-hydrogen) atoms. The van der Waals surface area contributed by atoms with Crippen LogP contribution < -0.4 is 0 Å². The van der Waals surface area contributed by atoms with Crippen molar-refractivity contribution in [2.24, 2.45) is 0 Å². The number of hydrogen-bond acceptors (Lipinski definition) is 4. The summed E-state index contributed by atoms with van der Waals surface area (Å²) in [5, 5.41) is 0. The quantitative estimate of drug-likeness (QED) is 0.113. The molecule has 170 valence electrons. The minimum Gasteiger partial charge on any atom is -0.466 e. The SMILES string of the molecule is C=C(C)CCOC(=O)CCCC(=O)OCCCCCCCCCCCCCCC. The Morgan fingerprint density at radius 3 is 1.45 bits per heavy atom. The van der Waals surface area contributed by atoms with Crippen LogP contribution in [0.5, 0.6) is 0 Å². The van der Waals surface area contributed by atoms with Gasteiger partial charge in [0, 0.05) is 19.3 Å². The summed E-state index contributed by atoms with van der Waals surface area (Å²) < 4.78 is 10.3. The van der Waals surface area contributed by atoms with Crippen LogP contribution in [-0.2, 0) is 19.1 Å². The lowest BCUT2D eigenvalue weighted by atomic mass is 10.0. The van der Waals surface area contributed by atoms with Gasteiger partial charge in [-0.2, -0.15) is 0 Å². The Kier molecular flexibility index (Phi) is 20.4. The van der Waals surface area contributed by atoms with E-state index in [0.717, 1.165) is 18.4 Å². The summed E-state index contributed by atoms with van der Waals surface area (Å²) in [4.78, 5) is 23.2. The number of esters is 2. The highest BCUT2D eigenvalue weighted by molar-refractivity contribution is 5.72. The average Bonchev–Trinajstić information content (AvgIpc) is 2.68. The topological polar surface area (TPSA) is 52.6 Å². The predicted molar refractivity (Wildman–Crippen MR) is 121 cm³/mol. The second-order valence-corrected chi connectivity index (χ2v) is 8.24. The highest BCUT2D eigenvalue weighted by Gasteiger charge is 2.07. The van der Waals surface area contributed by atoms with Gasteiger partial charge >= 0.3 is 11.9 Å². The fourth-order valence-electron chi connectivity index (χ4n) is 3.17. The zero-order valence-corrected chi connectivity index (χ0v) is 19.3. The normalized spacial score (nSPS) is 10.7. The Bertz CT molecular complexity index is 417. The minimum absolute atomic E-state index is 0.210. The third kappa shape index (κ3) is 22.8. The Balaban J connectivity index is 3.27. The number of ether oxygens (including phenoxy) is 2. The average molecular weight is 411 g/mol. The van der Waals surface area contributed by atoms with Crippen molar-refractivity contribution in [3.05, 3.63) is 12.2 Å². The summed E-state index contributed by atoms with van der Waals surface area (Å²) in [7, 11) is 0. The summed E-state index contributed by atoms with van der Waals surface area (Å²) in [6, 6.07) is 0. The summed E-state index contributed by atoms with van der Waals surface area (Å²) in [5.74, 6) is -0.464. The Morgan fingerprint density at radius 2 is 1.00 bits per heavy atom. The maximum absolute atomic E-state index is 11.7. The molecule has 0 saturated heterocycles. The second-order valence-electron chi connectivity index (χ2n) is 8.24. The third-order valence-corrected chi connectivity index (χ3v) is 5.06. The van der Waals surface area contributed by atoms with Crippen LogP contribution >= 0.6 is 0 Å². The molecular weight excluding hydrogens is 364 g/mol. The molecule has 0 aliphatic heterocycles. The van der Waals surface area contributed by atoms with E-state index in [1.165, 1.54) is 70.6 Å². The Hall–Kier alpha value is -1.32. The van der Waals surface area contributed by atoms with Gasteiger partial charge < -0.3 is 9.47 Å². The van der Waals surface area contributed by atoms with Crippen molar-refractivity contribution < 1.29 is 19.1 Å². The van der Waals surface area contributed by atoms with E-state index in [0.29, 0.717) is 26.1 Å². The van der Waals surface area contributed by atoms with Gasteiger partial charge in [0.1, 0.15) is 0 Å². The van der Waals surface area contributed by atoms with Crippen molar-refractivity contribution in [2.45, 2.75) is 123 Å². The fraction of sp³-hybridized carbons (Fsp3) is 0.840. The molecule has 0 aliphatic rings. The van der Waals surface area contributed by atoms with Gasteiger partial charge in [-0.05, 0) is 19.8 Å². The zero-order valence-electron chi connectivity index (χ0n) is 19.3. The van der Waals surface area contributed by atoms with Crippen LogP contribution in [0.1, 0.15) is 123 Å². The largest absolute Gasteiger partial charge is 0.466 e. The molecule has 0 bridgehead atoms. The molecule has 0 saturated carbocycles. The molecule has 0 amide bonds. The number of carbonyl (C=O) groups is 2. The zero-order chi connectivity index (χ0) is 21.6. The number of carbonyl (C=O) groups excluding carboxylic acids is 2. The van der Waals surface area contributed by atoms with Crippen molar-refractivity contribution >= 4 is 11.9 Å². The van der Waals surface area contributed by atoms with E-state index in [1.807, 2.05) is 6.92 Å².